The number of nitrogens with zero attached hydrogens (tertiary/aromatic N) is 7. The predicted molar refractivity (Wildman–Crippen MR) is 299 cm³/mol. The van der Waals surface area contributed by atoms with Crippen LogP contribution in [-0.4, -0.2) is 158 Å². The van der Waals surface area contributed by atoms with Crippen LogP contribution in [-0.2, 0) is 40.0 Å². The number of hydrogen-bond donors (Lipinski definition) is 5. The van der Waals surface area contributed by atoms with Crippen LogP contribution in [0.15, 0.2) is 54.3 Å². The van der Waals surface area contributed by atoms with E-state index in [0.717, 1.165) is 33.9 Å². The van der Waals surface area contributed by atoms with E-state index >= 15 is 8.78 Å². The number of piperidine rings is 2. The molecule has 79 heavy (non-hydrogen) atoms. The Morgan fingerprint density at radius 3 is 2.38 bits per heavy atom. The van der Waals surface area contributed by atoms with E-state index in [1.165, 1.54) is 18.5 Å². The Kier molecular flexibility index (Phi) is 19.6. The molecule has 22 heteroatoms. The zero-order valence-electron chi connectivity index (χ0n) is 46.7. The van der Waals surface area contributed by atoms with Gasteiger partial charge in [0.25, 0.3) is 0 Å². The molecule has 2 aromatic carbocycles. The second-order valence-electron chi connectivity index (χ2n) is 22.5. The Hall–Kier alpha value is -6.36. The summed E-state index contributed by atoms with van der Waals surface area (Å²) in [5, 5.41) is 15.1. The van der Waals surface area contributed by atoms with Crippen molar-refractivity contribution in [3.63, 3.8) is 0 Å². The summed E-state index contributed by atoms with van der Waals surface area (Å²) in [7, 11) is 1.79. The molecule has 4 fully saturated rings. The van der Waals surface area contributed by atoms with Gasteiger partial charge in [-0.15, -0.1) is 11.3 Å². The third-order valence-electron chi connectivity index (χ3n) is 15.9. The number of rotatable bonds is 21. The summed E-state index contributed by atoms with van der Waals surface area (Å²) < 4.78 is 43.1. The molecule has 0 saturated carbocycles. The summed E-state index contributed by atoms with van der Waals surface area (Å²) in [4.78, 5) is 88.8. The van der Waals surface area contributed by atoms with Crippen molar-refractivity contribution in [2.75, 3.05) is 101 Å². The van der Waals surface area contributed by atoms with Crippen molar-refractivity contribution in [1.82, 2.24) is 46.0 Å². The maximum Gasteiger partial charge on any atom is 0.246 e. The zero-order valence-corrected chi connectivity index (χ0v) is 47.5. The molecule has 0 radical (unpaired) electrons. The lowest BCUT2D eigenvalue weighted by molar-refractivity contribution is -0.144. The molecule has 4 saturated heterocycles. The van der Waals surface area contributed by atoms with Gasteiger partial charge in [0, 0.05) is 76.5 Å². The monoisotopic (exact) mass is 1110 g/mol. The van der Waals surface area contributed by atoms with Crippen LogP contribution >= 0.6 is 11.3 Å². The number of aromatic nitrogens is 3. The van der Waals surface area contributed by atoms with Crippen molar-refractivity contribution >= 4 is 58.2 Å². The highest BCUT2D eigenvalue weighted by molar-refractivity contribution is 7.13. The molecule has 19 nitrogen and oxygen atoms in total. The predicted octanol–water partition coefficient (Wildman–Crippen LogP) is 5.60. The van der Waals surface area contributed by atoms with Crippen LogP contribution in [0.3, 0.4) is 0 Å². The number of hydrogen-bond acceptors (Lipinski definition) is 15. The molecule has 4 aliphatic heterocycles. The molecule has 428 valence electrons. The van der Waals surface area contributed by atoms with Gasteiger partial charge in [-0.25, -0.2) is 23.7 Å². The average Bonchev–Trinajstić information content (AvgIpc) is 4.24. The fourth-order valence-electron chi connectivity index (χ4n) is 11.4. The highest BCUT2D eigenvalue weighted by Crippen LogP contribution is 2.35. The number of nitrogens with one attached hydrogen (secondary N) is 5. The van der Waals surface area contributed by atoms with E-state index in [1.54, 1.807) is 28.2 Å². The molecule has 4 aliphatic rings. The number of likely N-dealkylation sites (tertiary alicyclic amines) is 2. The first-order valence-corrected chi connectivity index (χ1v) is 28.6. The van der Waals surface area contributed by atoms with Gasteiger partial charge in [-0.3, -0.25) is 28.9 Å². The first-order valence-electron chi connectivity index (χ1n) is 27.7. The quantitative estimate of drug-likeness (QED) is 0.0643. The molecular weight excluding hydrogens is 1030 g/mol. The van der Waals surface area contributed by atoms with E-state index in [9.17, 15) is 24.0 Å². The van der Waals surface area contributed by atoms with Crippen molar-refractivity contribution in [1.29, 1.82) is 0 Å². The van der Waals surface area contributed by atoms with Gasteiger partial charge in [0.2, 0.25) is 29.5 Å². The molecule has 1 spiro atoms. The summed E-state index contributed by atoms with van der Waals surface area (Å²) in [5.74, 6) is -1.22. The standard InChI is InChI=1S/C57H78F2N12O7S/c1-8-38-29-68(30-41-26-44(59)46(27-43(41)58)70-31-49(72)67-57(33-70)16-21-69(22-17-57)48-28-47(60-7)62-34-63-48)20-15-42(38)53(74)61-18-23-77-24-25-78-32-50(73)66-52(56(4,5)6)55(76)71-19-9-10-45(71)54(75)65-36(2)39-11-13-40(14-12-39)51-37(3)64-35-79-51/h11-14,26-28,34-36,38,42,45,52H,8-10,15-25,29-33H2,1-7H3,(H,61,74)(H,65,75)(H,66,73)(H,67,72)(H,60,62,63)/t36-,38?,42?,45-,52+/m0/s1. The van der Waals surface area contributed by atoms with Gasteiger partial charge < -0.3 is 50.8 Å². The molecule has 4 aromatic rings. The average molecular weight is 1110 g/mol. The fraction of sp³-hybridized carbons (Fsp3) is 0.579. The Morgan fingerprint density at radius 2 is 1.67 bits per heavy atom. The molecule has 5 atom stereocenters. The van der Waals surface area contributed by atoms with Crippen LogP contribution in [0.2, 0.25) is 0 Å². The lowest BCUT2D eigenvalue weighted by Crippen LogP contribution is -2.66. The number of halogens is 2. The number of carbonyl (C=O) groups is 5. The summed E-state index contributed by atoms with van der Waals surface area (Å²) >= 11 is 1.58. The fourth-order valence-corrected chi connectivity index (χ4v) is 12.2. The van der Waals surface area contributed by atoms with Gasteiger partial charge in [0.15, 0.2) is 0 Å². The summed E-state index contributed by atoms with van der Waals surface area (Å²) in [6, 6.07) is 10.5. The number of ether oxygens (including phenoxy) is 2. The van der Waals surface area contributed by atoms with E-state index in [1.807, 2.05) is 77.4 Å². The normalized spacial score (nSPS) is 20.4. The van der Waals surface area contributed by atoms with Gasteiger partial charge in [-0.05, 0) is 81.0 Å². The van der Waals surface area contributed by atoms with E-state index in [2.05, 4.69) is 51.3 Å². The highest BCUT2D eigenvalue weighted by atomic mass is 32.1. The second-order valence-corrected chi connectivity index (χ2v) is 23.4. The Bertz CT molecular complexity index is 2770. The lowest BCUT2D eigenvalue weighted by Gasteiger charge is -2.48. The summed E-state index contributed by atoms with van der Waals surface area (Å²) in [5.41, 5.74) is 3.85. The van der Waals surface area contributed by atoms with Gasteiger partial charge in [0.1, 0.15) is 48.3 Å². The Balaban J connectivity index is 0.721. The molecule has 2 aromatic heterocycles. The van der Waals surface area contributed by atoms with E-state index in [4.69, 9.17) is 9.47 Å². The third-order valence-corrected chi connectivity index (χ3v) is 16.9. The van der Waals surface area contributed by atoms with E-state index < -0.39 is 40.6 Å². The molecule has 5 amide bonds. The van der Waals surface area contributed by atoms with Gasteiger partial charge in [0.05, 0.1) is 59.7 Å². The minimum Gasteiger partial charge on any atom is -0.377 e. The number of carbonyl (C=O) groups excluding carboxylic acids is 5. The first-order chi connectivity index (χ1) is 37.8. The maximum absolute atomic E-state index is 16.0. The van der Waals surface area contributed by atoms with Crippen LogP contribution in [0.1, 0.15) is 96.0 Å². The minimum atomic E-state index is -0.895. The van der Waals surface area contributed by atoms with Crippen LogP contribution in [0, 0.1) is 35.8 Å². The zero-order chi connectivity index (χ0) is 56.4. The maximum atomic E-state index is 16.0. The van der Waals surface area contributed by atoms with Crippen molar-refractivity contribution < 1.29 is 42.2 Å². The van der Waals surface area contributed by atoms with Crippen LogP contribution in [0.5, 0.6) is 0 Å². The summed E-state index contributed by atoms with van der Waals surface area (Å²) in [6.07, 6.45) is 5.20. The Labute approximate surface area is 466 Å². The largest absolute Gasteiger partial charge is 0.377 e. The molecule has 8 rings (SSSR count). The molecule has 0 aliphatic carbocycles. The van der Waals surface area contributed by atoms with Crippen LogP contribution in [0.25, 0.3) is 10.4 Å². The van der Waals surface area contributed by atoms with Crippen molar-refractivity contribution in [2.24, 2.45) is 17.3 Å². The first kappa shape index (κ1) is 58.8. The lowest BCUT2D eigenvalue weighted by atomic mass is 9.83. The smallest absolute Gasteiger partial charge is 0.246 e. The number of piperazine rings is 1. The molecule has 2 unspecified atom stereocenters. The SMILES string of the molecule is CCC1CN(Cc2cc(F)c(N3CC(=O)NC4(CCN(c5cc(NC)ncn5)CC4)C3)cc2F)CCC1C(=O)NCCOCCOCC(=O)N[C@H](C(=O)N1CCC[C@H]1C(=O)N[C@@H](C)c1ccc(-c2scnc2C)cc1)C(C)(C)C. The van der Waals surface area contributed by atoms with Gasteiger partial charge in [-0.1, -0.05) is 58.4 Å². The second kappa shape index (κ2) is 26.3. The van der Waals surface area contributed by atoms with Crippen molar-refractivity contribution in [2.45, 2.75) is 110 Å². The molecular formula is C57H78F2N12O7S. The third kappa shape index (κ3) is 14.7. The summed E-state index contributed by atoms with van der Waals surface area (Å²) in [6.45, 7) is 15.2. The number of anilines is 3. The van der Waals surface area contributed by atoms with Crippen LogP contribution in [0.4, 0.5) is 26.1 Å². The van der Waals surface area contributed by atoms with E-state index in [0.29, 0.717) is 77.2 Å². The molecule has 5 N–H and O–H groups in total. The highest BCUT2D eigenvalue weighted by Gasteiger charge is 2.44. The topological polar surface area (TPSA) is 216 Å². The Morgan fingerprint density at radius 1 is 0.911 bits per heavy atom. The van der Waals surface area contributed by atoms with Gasteiger partial charge >= 0.3 is 0 Å². The number of thiazole rings is 1. The van der Waals surface area contributed by atoms with E-state index in [-0.39, 0.29) is 98.8 Å². The van der Waals surface area contributed by atoms with Crippen LogP contribution < -0.4 is 36.4 Å². The minimum absolute atomic E-state index is 0.00281. The number of amides is 5. The van der Waals surface area contributed by atoms with Gasteiger partial charge in [-0.2, -0.15) is 0 Å². The van der Waals surface area contributed by atoms with Crippen molar-refractivity contribution in [3.8, 4) is 10.4 Å². The number of benzene rings is 2. The molecule has 6 heterocycles. The number of aryl methyl sites for hydroxylation is 1. The molecule has 0 bridgehead atoms. The van der Waals surface area contributed by atoms with Crippen molar-refractivity contribution in [3.05, 3.63) is 82.8 Å².